The highest BCUT2D eigenvalue weighted by Crippen LogP contribution is 2.19. The Morgan fingerprint density at radius 1 is 1.21 bits per heavy atom. The van der Waals surface area contributed by atoms with Gasteiger partial charge in [0.25, 0.3) is 0 Å². The van der Waals surface area contributed by atoms with Gasteiger partial charge in [-0.2, -0.15) is 0 Å². The van der Waals surface area contributed by atoms with Crippen LogP contribution in [0.1, 0.15) is 33.6 Å². The summed E-state index contributed by atoms with van der Waals surface area (Å²) in [5.74, 6) is 0.353. The van der Waals surface area contributed by atoms with Gasteiger partial charge in [-0.3, -0.25) is 4.79 Å². The fourth-order valence-electron chi connectivity index (χ4n) is 1.42. The standard InChI is InChI=1S/C11H22O3/c1-5-9(3)10(6-2)11(12)14-8-7-13-4/h9-10H,5-8H2,1-4H3. The van der Waals surface area contributed by atoms with Gasteiger partial charge in [0.1, 0.15) is 6.61 Å². The second kappa shape index (κ2) is 7.80. The van der Waals surface area contributed by atoms with Crippen molar-refractivity contribution in [3.63, 3.8) is 0 Å². The number of rotatable bonds is 7. The first kappa shape index (κ1) is 13.4. The minimum Gasteiger partial charge on any atom is -0.463 e. The van der Waals surface area contributed by atoms with E-state index < -0.39 is 0 Å². The molecule has 0 aromatic heterocycles. The quantitative estimate of drug-likeness (QED) is 0.469. The lowest BCUT2D eigenvalue weighted by Crippen LogP contribution is -2.24. The van der Waals surface area contributed by atoms with E-state index in [2.05, 4.69) is 13.8 Å². The average molecular weight is 202 g/mol. The van der Waals surface area contributed by atoms with Crippen LogP contribution in [0.5, 0.6) is 0 Å². The van der Waals surface area contributed by atoms with Crippen LogP contribution < -0.4 is 0 Å². The molecule has 0 fully saturated rings. The van der Waals surface area contributed by atoms with Crippen molar-refractivity contribution in [2.45, 2.75) is 33.6 Å². The van der Waals surface area contributed by atoms with E-state index in [1.165, 1.54) is 0 Å². The first-order valence-corrected chi connectivity index (χ1v) is 5.32. The normalized spacial score (nSPS) is 14.9. The molecule has 0 aliphatic heterocycles. The Morgan fingerprint density at radius 2 is 1.86 bits per heavy atom. The summed E-state index contributed by atoms with van der Waals surface area (Å²) in [5.41, 5.74) is 0. The van der Waals surface area contributed by atoms with Crippen molar-refractivity contribution in [2.75, 3.05) is 20.3 Å². The van der Waals surface area contributed by atoms with E-state index in [1.54, 1.807) is 7.11 Å². The van der Waals surface area contributed by atoms with Crippen molar-refractivity contribution in [2.24, 2.45) is 11.8 Å². The van der Waals surface area contributed by atoms with E-state index in [0.717, 1.165) is 12.8 Å². The van der Waals surface area contributed by atoms with Crippen molar-refractivity contribution in [1.29, 1.82) is 0 Å². The number of methoxy groups -OCH3 is 1. The highest BCUT2D eigenvalue weighted by atomic mass is 16.6. The van der Waals surface area contributed by atoms with Crippen molar-refractivity contribution < 1.29 is 14.3 Å². The minimum absolute atomic E-state index is 0.0388. The summed E-state index contributed by atoms with van der Waals surface area (Å²) in [7, 11) is 1.60. The molecule has 2 unspecified atom stereocenters. The average Bonchev–Trinajstić information content (AvgIpc) is 2.19. The van der Waals surface area contributed by atoms with Gasteiger partial charge in [-0.25, -0.2) is 0 Å². The number of carbonyl (C=O) groups excluding carboxylic acids is 1. The molecule has 0 saturated heterocycles. The van der Waals surface area contributed by atoms with Gasteiger partial charge in [-0.1, -0.05) is 27.2 Å². The van der Waals surface area contributed by atoms with E-state index in [4.69, 9.17) is 9.47 Å². The molecule has 0 aliphatic carbocycles. The molecule has 0 bridgehead atoms. The summed E-state index contributed by atoms with van der Waals surface area (Å²) in [4.78, 5) is 11.6. The van der Waals surface area contributed by atoms with Crippen LogP contribution in [0.25, 0.3) is 0 Å². The van der Waals surface area contributed by atoms with Crippen LogP contribution in [0, 0.1) is 11.8 Å². The molecular formula is C11H22O3. The van der Waals surface area contributed by atoms with Crippen LogP contribution in [0.15, 0.2) is 0 Å². The highest BCUT2D eigenvalue weighted by molar-refractivity contribution is 5.72. The Morgan fingerprint density at radius 3 is 2.29 bits per heavy atom. The largest absolute Gasteiger partial charge is 0.463 e. The zero-order valence-electron chi connectivity index (χ0n) is 9.71. The summed E-state index contributed by atoms with van der Waals surface area (Å²) in [6.45, 7) is 7.04. The minimum atomic E-state index is -0.0844. The van der Waals surface area contributed by atoms with Crippen LogP contribution >= 0.6 is 0 Å². The SMILES string of the molecule is CCC(C)C(CC)C(=O)OCCOC. The number of carbonyl (C=O) groups is 1. The molecule has 0 spiro atoms. The summed E-state index contributed by atoms with van der Waals surface area (Å²) >= 11 is 0. The van der Waals surface area contributed by atoms with E-state index >= 15 is 0 Å². The van der Waals surface area contributed by atoms with Crippen molar-refractivity contribution in [3.8, 4) is 0 Å². The van der Waals surface area contributed by atoms with Crippen molar-refractivity contribution in [3.05, 3.63) is 0 Å². The van der Waals surface area contributed by atoms with Crippen molar-refractivity contribution >= 4 is 5.97 Å². The van der Waals surface area contributed by atoms with Gasteiger partial charge in [0.2, 0.25) is 0 Å². The van der Waals surface area contributed by atoms with Gasteiger partial charge in [-0.15, -0.1) is 0 Å². The Hall–Kier alpha value is -0.570. The molecule has 0 heterocycles. The molecule has 2 atom stereocenters. The molecule has 3 nitrogen and oxygen atoms in total. The maximum absolute atomic E-state index is 11.6. The lowest BCUT2D eigenvalue weighted by molar-refractivity contribution is -0.151. The summed E-state index contributed by atoms with van der Waals surface area (Å²) < 4.78 is 9.91. The second-order valence-corrected chi connectivity index (χ2v) is 3.56. The molecule has 3 heteroatoms. The van der Waals surface area contributed by atoms with E-state index in [1.807, 2.05) is 6.92 Å². The molecule has 84 valence electrons. The number of hydrogen-bond donors (Lipinski definition) is 0. The lowest BCUT2D eigenvalue weighted by Gasteiger charge is -2.19. The Balaban J connectivity index is 3.91. The number of ether oxygens (including phenoxy) is 2. The molecule has 0 N–H and O–H groups in total. The van der Waals surface area contributed by atoms with E-state index in [0.29, 0.717) is 19.1 Å². The smallest absolute Gasteiger partial charge is 0.309 e. The van der Waals surface area contributed by atoms with Gasteiger partial charge in [0, 0.05) is 7.11 Å². The van der Waals surface area contributed by atoms with Crippen LogP contribution in [0.4, 0.5) is 0 Å². The zero-order valence-corrected chi connectivity index (χ0v) is 9.71. The zero-order chi connectivity index (χ0) is 11.0. The van der Waals surface area contributed by atoms with Gasteiger partial charge in [0.15, 0.2) is 0 Å². The molecular weight excluding hydrogens is 180 g/mol. The number of hydrogen-bond acceptors (Lipinski definition) is 3. The van der Waals surface area contributed by atoms with Crippen LogP contribution in [-0.4, -0.2) is 26.3 Å². The lowest BCUT2D eigenvalue weighted by atomic mass is 9.90. The number of esters is 1. The van der Waals surface area contributed by atoms with Crippen molar-refractivity contribution in [1.82, 2.24) is 0 Å². The molecule has 0 aliphatic rings. The predicted octanol–water partition coefficient (Wildman–Crippen LogP) is 2.25. The fraction of sp³-hybridized carbons (Fsp3) is 0.909. The molecule has 0 radical (unpaired) electrons. The predicted molar refractivity (Wildman–Crippen MR) is 56.1 cm³/mol. The molecule has 0 aromatic carbocycles. The highest BCUT2D eigenvalue weighted by Gasteiger charge is 2.23. The summed E-state index contributed by atoms with van der Waals surface area (Å²) in [6, 6.07) is 0. The third kappa shape index (κ3) is 4.61. The summed E-state index contributed by atoms with van der Waals surface area (Å²) in [6.07, 6.45) is 1.86. The van der Waals surface area contributed by atoms with E-state index in [-0.39, 0.29) is 11.9 Å². The molecule has 0 saturated carbocycles. The molecule has 0 amide bonds. The third-order valence-corrected chi connectivity index (χ3v) is 2.61. The van der Waals surface area contributed by atoms with Crippen LogP contribution in [0.3, 0.4) is 0 Å². The molecule has 0 rings (SSSR count). The Kier molecular flexibility index (Phi) is 7.48. The van der Waals surface area contributed by atoms with Gasteiger partial charge < -0.3 is 9.47 Å². The Bertz CT molecular complexity index is 157. The monoisotopic (exact) mass is 202 g/mol. The van der Waals surface area contributed by atoms with Gasteiger partial charge in [-0.05, 0) is 12.3 Å². The van der Waals surface area contributed by atoms with Crippen LogP contribution in [-0.2, 0) is 14.3 Å². The van der Waals surface area contributed by atoms with E-state index in [9.17, 15) is 4.79 Å². The van der Waals surface area contributed by atoms with Gasteiger partial charge >= 0.3 is 5.97 Å². The first-order valence-electron chi connectivity index (χ1n) is 5.32. The topological polar surface area (TPSA) is 35.5 Å². The maximum Gasteiger partial charge on any atom is 0.309 e. The van der Waals surface area contributed by atoms with Gasteiger partial charge in [0.05, 0.1) is 12.5 Å². The summed E-state index contributed by atoms with van der Waals surface area (Å²) in [5, 5.41) is 0. The third-order valence-electron chi connectivity index (χ3n) is 2.61. The second-order valence-electron chi connectivity index (χ2n) is 3.56. The Labute approximate surface area is 86.8 Å². The maximum atomic E-state index is 11.6. The molecule has 14 heavy (non-hydrogen) atoms. The van der Waals surface area contributed by atoms with Crippen LogP contribution in [0.2, 0.25) is 0 Å². The first-order chi connectivity index (χ1) is 6.67. The fourth-order valence-corrected chi connectivity index (χ4v) is 1.42. The molecule has 0 aromatic rings.